The summed E-state index contributed by atoms with van der Waals surface area (Å²) in [7, 11) is 0. The number of alkyl halides is 7. The Hall–Kier alpha value is -0.470. The number of carbonyl (C=O) groups excluding carboxylic acids is 1. The molecule has 2 nitrogen and oxygen atoms in total. The van der Waals surface area contributed by atoms with E-state index < -0.39 is 30.2 Å². The second-order valence-corrected chi connectivity index (χ2v) is 4.65. The lowest BCUT2D eigenvalue weighted by Crippen LogP contribution is -2.51. The van der Waals surface area contributed by atoms with E-state index in [4.69, 9.17) is 0 Å². The lowest BCUT2D eigenvalue weighted by Gasteiger charge is -2.30. The van der Waals surface area contributed by atoms with Gasteiger partial charge in [0.2, 0.25) is 11.8 Å². The summed E-state index contributed by atoms with van der Waals surface area (Å²) < 4.78 is 74.2. The number of halogens is 7. The maximum atomic E-state index is 12.4. The molecule has 0 saturated carbocycles. The van der Waals surface area contributed by atoms with E-state index in [0.717, 1.165) is 0 Å². The van der Waals surface area contributed by atoms with Crippen molar-refractivity contribution in [3.8, 4) is 0 Å². The fraction of sp³-hybridized carbons (Fsp3) is 0.889. The summed E-state index contributed by atoms with van der Waals surface area (Å²) in [4.78, 5) is 12.1. The van der Waals surface area contributed by atoms with Crippen molar-refractivity contribution in [2.45, 2.75) is 31.2 Å². The number of amides is 1. The van der Waals surface area contributed by atoms with Gasteiger partial charge in [0.1, 0.15) is 0 Å². The summed E-state index contributed by atoms with van der Waals surface area (Å²) in [6, 6.07) is -0.607. The molecule has 0 aliphatic carbocycles. The van der Waals surface area contributed by atoms with Gasteiger partial charge >= 0.3 is 12.4 Å². The molecule has 0 aromatic heterocycles. The van der Waals surface area contributed by atoms with Gasteiger partial charge in [-0.1, -0.05) is 15.9 Å². The highest BCUT2D eigenvalue weighted by atomic mass is 79.9. The van der Waals surface area contributed by atoms with Crippen LogP contribution in [0.1, 0.15) is 12.8 Å². The molecule has 1 unspecified atom stereocenters. The van der Waals surface area contributed by atoms with Gasteiger partial charge in [-0.2, -0.15) is 26.3 Å². The van der Waals surface area contributed by atoms with E-state index in [9.17, 15) is 31.1 Å². The Kier molecular flexibility index (Phi) is 4.56. The van der Waals surface area contributed by atoms with Crippen molar-refractivity contribution in [2.75, 3.05) is 11.9 Å². The Morgan fingerprint density at radius 1 is 1.22 bits per heavy atom. The fourth-order valence-electron chi connectivity index (χ4n) is 1.92. The van der Waals surface area contributed by atoms with E-state index in [-0.39, 0.29) is 11.9 Å². The number of hydrogen-bond donors (Lipinski definition) is 0. The average Bonchev–Trinajstić information content (AvgIpc) is 2.59. The van der Waals surface area contributed by atoms with E-state index in [0.29, 0.717) is 17.7 Å². The van der Waals surface area contributed by atoms with Gasteiger partial charge < -0.3 is 4.90 Å². The van der Waals surface area contributed by atoms with Crippen molar-refractivity contribution in [2.24, 2.45) is 5.92 Å². The molecule has 1 aliphatic rings. The third kappa shape index (κ3) is 3.30. The first kappa shape index (κ1) is 15.6. The van der Waals surface area contributed by atoms with Crippen LogP contribution < -0.4 is 0 Å². The van der Waals surface area contributed by atoms with Gasteiger partial charge in [0.25, 0.3) is 0 Å². The van der Waals surface area contributed by atoms with E-state index in [1.165, 1.54) is 0 Å². The van der Waals surface area contributed by atoms with Crippen LogP contribution in [0.5, 0.6) is 0 Å². The minimum Gasteiger partial charge on any atom is -0.338 e. The second kappa shape index (κ2) is 5.26. The third-order valence-corrected chi connectivity index (χ3v) is 3.49. The lowest BCUT2D eigenvalue weighted by atomic mass is 10.1. The summed E-state index contributed by atoms with van der Waals surface area (Å²) in [6.07, 6.45) is -10.4. The zero-order valence-corrected chi connectivity index (χ0v) is 10.6. The molecule has 0 bridgehead atoms. The molecule has 18 heavy (non-hydrogen) atoms. The molecule has 0 radical (unpaired) electrons. The Morgan fingerprint density at radius 2 is 1.72 bits per heavy atom. The van der Waals surface area contributed by atoms with Gasteiger partial charge in [-0.3, -0.25) is 4.79 Å². The van der Waals surface area contributed by atoms with Gasteiger partial charge in [-0.25, -0.2) is 0 Å². The molecule has 1 atom stereocenters. The first-order chi connectivity index (χ1) is 8.09. The van der Waals surface area contributed by atoms with E-state index in [1.807, 2.05) is 0 Å². The van der Waals surface area contributed by atoms with Crippen LogP contribution in [0.25, 0.3) is 0 Å². The first-order valence-corrected chi connectivity index (χ1v) is 6.21. The van der Waals surface area contributed by atoms with Crippen LogP contribution in [0.4, 0.5) is 26.3 Å². The molecule has 106 valence electrons. The van der Waals surface area contributed by atoms with Crippen molar-refractivity contribution < 1.29 is 31.1 Å². The lowest BCUT2D eigenvalue weighted by molar-refractivity contribution is -0.277. The van der Waals surface area contributed by atoms with Crippen molar-refractivity contribution in [3.05, 3.63) is 0 Å². The molecule has 0 spiro atoms. The highest BCUT2D eigenvalue weighted by Gasteiger charge is 2.62. The molecular formula is C9H10BrF6NO. The molecule has 1 saturated heterocycles. The number of likely N-dealkylation sites (tertiary alicyclic amines) is 1. The molecule has 0 aromatic rings. The van der Waals surface area contributed by atoms with Crippen molar-refractivity contribution >= 4 is 21.8 Å². The van der Waals surface area contributed by atoms with Gasteiger partial charge in [0.05, 0.1) is 0 Å². The van der Waals surface area contributed by atoms with Crippen LogP contribution in [0.3, 0.4) is 0 Å². The zero-order valence-electron chi connectivity index (χ0n) is 8.98. The minimum absolute atomic E-state index is 0.0717. The first-order valence-electron chi connectivity index (χ1n) is 5.09. The summed E-state index contributed by atoms with van der Waals surface area (Å²) >= 11 is 2.98. The largest absolute Gasteiger partial charge is 0.409 e. The van der Waals surface area contributed by atoms with Crippen LogP contribution in [0.2, 0.25) is 0 Å². The van der Waals surface area contributed by atoms with Crippen LogP contribution in [0.15, 0.2) is 0 Å². The summed E-state index contributed by atoms with van der Waals surface area (Å²) in [6.45, 7) is -0.0717. The van der Waals surface area contributed by atoms with Crippen LogP contribution in [-0.2, 0) is 4.79 Å². The maximum Gasteiger partial charge on any atom is 0.409 e. The molecule has 0 N–H and O–H groups in total. The highest BCUT2D eigenvalue weighted by molar-refractivity contribution is 9.09. The van der Waals surface area contributed by atoms with Gasteiger partial charge in [-0.15, -0.1) is 0 Å². The summed E-state index contributed by atoms with van der Waals surface area (Å²) in [5.74, 6) is -5.83. The highest BCUT2D eigenvalue weighted by Crippen LogP contribution is 2.41. The average molecular weight is 342 g/mol. The molecule has 0 aromatic carbocycles. The molecule has 1 aliphatic heterocycles. The quantitative estimate of drug-likeness (QED) is 0.558. The number of rotatable bonds is 2. The maximum absolute atomic E-state index is 12.4. The van der Waals surface area contributed by atoms with Crippen LogP contribution >= 0.6 is 15.9 Å². The van der Waals surface area contributed by atoms with Gasteiger partial charge in [-0.05, 0) is 12.8 Å². The second-order valence-electron chi connectivity index (χ2n) is 4.00. The zero-order chi connectivity index (χ0) is 14.1. The third-order valence-electron chi connectivity index (χ3n) is 2.74. The summed E-state index contributed by atoms with van der Waals surface area (Å²) in [5, 5.41) is 0.168. The molecule has 1 heterocycles. The van der Waals surface area contributed by atoms with E-state index in [1.54, 1.807) is 0 Å². The van der Waals surface area contributed by atoms with E-state index in [2.05, 4.69) is 15.9 Å². The van der Waals surface area contributed by atoms with Crippen LogP contribution in [0, 0.1) is 5.92 Å². The minimum atomic E-state index is -5.62. The van der Waals surface area contributed by atoms with Gasteiger partial charge in [0.15, 0.2) is 0 Å². The molecule has 1 fully saturated rings. The predicted octanol–water partition coefficient (Wildman–Crippen LogP) is 3.11. The number of nitrogens with zero attached hydrogens (tertiary/aromatic N) is 1. The monoisotopic (exact) mass is 341 g/mol. The van der Waals surface area contributed by atoms with E-state index >= 15 is 0 Å². The topological polar surface area (TPSA) is 20.3 Å². The summed E-state index contributed by atoms with van der Waals surface area (Å²) in [5.41, 5.74) is 0. The normalized spacial score (nSPS) is 21.8. The van der Waals surface area contributed by atoms with Crippen molar-refractivity contribution in [3.63, 3.8) is 0 Å². The molecule has 9 heteroatoms. The fourth-order valence-corrected chi connectivity index (χ4v) is 2.59. The van der Waals surface area contributed by atoms with Crippen molar-refractivity contribution in [1.82, 2.24) is 4.90 Å². The standard InChI is InChI=1S/C9H10BrF6NO/c10-4-5-2-1-3-17(5)7(18)6(8(11,12)13)9(14,15)16/h5-6H,1-4H2. The Labute approximate surface area is 107 Å². The predicted molar refractivity (Wildman–Crippen MR) is 54.1 cm³/mol. The smallest absolute Gasteiger partial charge is 0.338 e. The number of hydrogen-bond acceptors (Lipinski definition) is 1. The number of carbonyl (C=O) groups is 1. The molecule has 1 rings (SSSR count). The van der Waals surface area contributed by atoms with Gasteiger partial charge in [0, 0.05) is 17.9 Å². The molecular weight excluding hydrogens is 332 g/mol. The Bertz CT molecular complexity index is 301. The SMILES string of the molecule is O=C(C(C(F)(F)F)C(F)(F)F)N1CCCC1CBr. The Morgan fingerprint density at radius 3 is 2.11 bits per heavy atom. The Balaban J connectivity index is 2.97. The molecule has 1 amide bonds. The van der Waals surface area contributed by atoms with Crippen molar-refractivity contribution in [1.29, 1.82) is 0 Å². The van der Waals surface area contributed by atoms with Crippen LogP contribution in [-0.4, -0.2) is 41.1 Å².